The molecular formula is C20H20ClN3O3S. The minimum Gasteiger partial charge on any atom is -0.484 e. The first-order chi connectivity index (χ1) is 13.5. The van der Waals surface area contributed by atoms with E-state index in [9.17, 15) is 4.79 Å². The van der Waals surface area contributed by atoms with Crippen LogP contribution < -0.4 is 4.74 Å². The van der Waals surface area contributed by atoms with Gasteiger partial charge in [-0.2, -0.15) is 0 Å². The number of methoxy groups -OCH3 is 1. The monoisotopic (exact) mass is 417 g/mol. The van der Waals surface area contributed by atoms with E-state index in [0.717, 1.165) is 11.1 Å². The van der Waals surface area contributed by atoms with E-state index in [4.69, 9.17) is 21.1 Å². The van der Waals surface area contributed by atoms with Crippen molar-refractivity contribution in [3.05, 3.63) is 70.5 Å². The van der Waals surface area contributed by atoms with Gasteiger partial charge in [-0.05, 0) is 30.2 Å². The highest BCUT2D eigenvalue weighted by Crippen LogP contribution is 2.36. The highest BCUT2D eigenvalue weighted by Gasteiger charge is 2.27. The predicted octanol–water partition coefficient (Wildman–Crippen LogP) is 4.36. The van der Waals surface area contributed by atoms with Crippen LogP contribution in [0.5, 0.6) is 5.75 Å². The molecule has 146 valence electrons. The summed E-state index contributed by atoms with van der Waals surface area (Å²) in [7, 11) is 3.22. The Hall–Kier alpha value is -2.51. The van der Waals surface area contributed by atoms with Crippen molar-refractivity contribution in [2.45, 2.75) is 23.9 Å². The Morgan fingerprint density at radius 3 is 2.61 bits per heavy atom. The molecule has 0 saturated carbocycles. The van der Waals surface area contributed by atoms with Crippen molar-refractivity contribution in [3.8, 4) is 5.75 Å². The largest absolute Gasteiger partial charge is 0.484 e. The summed E-state index contributed by atoms with van der Waals surface area (Å²) in [5.74, 6) is 0.862. The Balaban J connectivity index is 1.79. The summed E-state index contributed by atoms with van der Waals surface area (Å²) >= 11 is 7.41. The molecule has 0 aliphatic rings. The second-order valence-electron chi connectivity index (χ2n) is 6.05. The molecule has 1 aromatic heterocycles. The van der Waals surface area contributed by atoms with E-state index in [2.05, 4.69) is 10.2 Å². The lowest BCUT2D eigenvalue weighted by Gasteiger charge is -2.16. The van der Waals surface area contributed by atoms with Crippen LogP contribution in [0.2, 0.25) is 5.02 Å². The highest BCUT2D eigenvalue weighted by atomic mass is 35.5. The van der Waals surface area contributed by atoms with Crippen molar-refractivity contribution in [2.75, 3.05) is 7.11 Å². The van der Waals surface area contributed by atoms with Crippen molar-refractivity contribution in [1.82, 2.24) is 14.8 Å². The summed E-state index contributed by atoms with van der Waals surface area (Å²) in [6, 6.07) is 15.0. The van der Waals surface area contributed by atoms with Gasteiger partial charge in [0.15, 0.2) is 11.0 Å². The maximum absolute atomic E-state index is 12.4. The molecular weight excluding hydrogens is 398 g/mol. The van der Waals surface area contributed by atoms with Gasteiger partial charge in [-0.25, -0.2) is 0 Å². The number of nitrogens with zero attached hydrogens (tertiary/aromatic N) is 3. The topological polar surface area (TPSA) is 66.2 Å². The lowest BCUT2D eigenvalue weighted by Crippen LogP contribution is -2.13. The van der Waals surface area contributed by atoms with Gasteiger partial charge in [-0.15, -0.1) is 10.2 Å². The SMILES string of the molecule is COC(=O)[C@@H](Sc1nnc(COc2ccccc2Cl)n1C)c1ccccc1C. The number of halogens is 1. The predicted molar refractivity (Wildman–Crippen MR) is 109 cm³/mol. The van der Waals surface area contributed by atoms with Gasteiger partial charge in [0.1, 0.15) is 17.6 Å². The summed E-state index contributed by atoms with van der Waals surface area (Å²) in [6.07, 6.45) is 0. The maximum Gasteiger partial charge on any atom is 0.323 e. The Morgan fingerprint density at radius 2 is 1.89 bits per heavy atom. The smallest absolute Gasteiger partial charge is 0.323 e. The standard InChI is InChI=1S/C20H20ClN3O3S/c1-13-8-4-5-9-14(13)18(19(25)26-3)28-20-23-22-17(24(20)2)12-27-16-11-7-6-10-15(16)21/h4-11,18H,12H2,1-3H3/t18-/m0/s1. The van der Waals surface area contributed by atoms with Crippen LogP contribution in [-0.2, 0) is 23.2 Å². The Kier molecular flexibility index (Phi) is 6.59. The van der Waals surface area contributed by atoms with Gasteiger partial charge >= 0.3 is 5.97 Å². The quantitative estimate of drug-likeness (QED) is 0.420. The minimum atomic E-state index is -0.536. The molecule has 3 rings (SSSR count). The van der Waals surface area contributed by atoms with E-state index in [1.165, 1.54) is 18.9 Å². The fourth-order valence-corrected chi connectivity index (χ4v) is 3.95. The van der Waals surface area contributed by atoms with Crippen LogP contribution in [0.25, 0.3) is 0 Å². The van der Waals surface area contributed by atoms with Crippen molar-refractivity contribution < 1.29 is 14.3 Å². The molecule has 0 radical (unpaired) electrons. The molecule has 0 spiro atoms. The fourth-order valence-electron chi connectivity index (χ4n) is 2.61. The summed E-state index contributed by atoms with van der Waals surface area (Å²) in [4.78, 5) is 12.4. The molecule has 0 saturated heterocycles. The average molecular weight is 418 g/mol. The third-order valence-electron chi connectivity index (χ3n) is 4.23. The second kappa shape index (κ2) is 9.12. The second-order valence-corrected chi connectivity index (χ2v) is 7.53. The molecule has 1 heterocycles. The molecule has 6 nitrogen and oxygen atoms in total. The number of thioether (sulfide) groups is 1. The van der Waals surface area contributed by atoms with Crippen molar-refractivity contribution >= 4 is 29.3 Å². The van der Waals surface area contributed by atoms with Crippen LogP contribution in [0.15, 0.2) is 53.7 Å². The van der Waals surface area contributed by atoms with Gasteiger partial charge in [-0.3, -0.25) is 4.79 Å². The molecule has 1 atom stereocenters. The molecule has 0 fully saturated rings. The van der Waals surface area contributed by atoms with E-state index in [0.29, 0.717) is 21.8 Å². The van der Waals surface area contributed by atoms with Crippen LogP contribution in [0.1, 0.15) is 22.2 Å². The number of aryl methyl sites for hydroxylation is 1. The third kappa shape index (κ3) is 4.48. The van der Waals surface area contributed by atoms with Crippen LogP contribution >= 0.6 is 23.4 Å². The third-order valence-corrected chi connectivity index (χ3v) is 5.79. The molecule has 0 unspecified atom stereocenters. The van der Waals surface area contributed by atoms with Gasteiger partial charge in [0, 0.05) is 7.05 Å². The van der Waals surface area contributed by atoms with E-state index in [-0.39, 0.29) is 12.6 Å². The zero-order valence-corrected chi connectivity index (χ0v) is 17.3. The van der Waals surface area contributed by atoms with Gasteiger partial charge < -0.3 is 14.0 Å². The van der Waals surface area contributed by atoms with E-state index in [1.807, 2.05) is 50.4 Å². The normalized spacial score (nSPS) is 11.9. The molecule has 3 aromatic rings. The summed E-state index contributed by atoms with van der Waals surface area (Å²) in [6.45, 7) is 2.17. The van der Waals surface area contributed by atoms with Gasteiger partial charge in [0.05, 0.1) is 12.1 Å². The first-order valence-electron chi connectivity index (χ1n) is 8.57. The molecule has 0 aliphatic heterocycles. The minimum absolute atomic E-state index is 0.209. The molecule has 28 heavy (non-hydrogen) atoms. The number of hydrogen-bond donors (Lipinski definition) is 0. The fraction of sp³-hybridized carbons (Fsp3) is 0.250. The zero-order chi connectivity index (χ0) is 20.1. The number of hydrogen-bond acceptors (Lipinski definition) is 6. The van der Waals surface area contributed by atoms with Crippen LogP contribution in [0, 0.1) is 6.92 Å². The first-order valence-corrected chi connectivity index (χ1v) is 9.82. The van der Waals surface area contributed by atoms with Gasteiger partial charge in [0.2, 0.25) is 0 Å². The van der Waals surface area contributed by atoms with Crippen molar-refractivity contribution in [2.24, 2.45) is 7.05 Å². The van der Waals surface area contributed by atoms with E-state index >= 15 is 0 Å². The number of esters is 1. The molecule has 0 N–H and O–H groups in total. The number of rotatable bonds is 7. The first kappa shape index (κ1) is 20.2. The molecule has 8 heteroatoms. The summed E-state index contributed by atoms with van der Waals surface area (Å²) in [5, 5.41) is 8.99. The Morgan fingerprint density at radius 1 is 1.18 bits per heavy atom. The lowest BCUT2D eigenvalue weighted by molar-refractivity contribution is -0.140. The van der Waals surface area contributed by atoms with E-state index < -0.39 is 5.25 Å². The van der Waals surface area contributed by atoms with Crippen LogP contribution in [0.4, 0.5) is 0 Å². The average Bonchev–Trinajstić information content (AvgIpc) is 3.05. The molecule has 0 aliphatic carbocycles. The van der Waals surface area contributed by atoms with Crippen LogP contribution in [-0.4, -0.2) is 27.8 Å². The number of ether oxygens (including phenoxy) is 2. The number of carbonyl (C=O) groups is 1. The van der Waals surface area contributed by atoms with Crippen molar-refractivity contribution in [1.29, 1.82) is 0 Å². The Labute approximate surface area is 172 Å². The summed E-state index contributed by atoms with van der Waals surface area (Å²) < 4.78 is 12.5. The van der Waals surface area contributed by atoms with Crippen LogP contribution in [0.3, 0.4) is 0 Å². The number of para-hydroxylation sites is 1. The van der Waals surface area contributed by atoms with E-state index in [1.54, 1.807) is 16.7 Å². The number of aromatic nitrogens is 3. The number of benzene rings is 2. The Bertz CT molecular complexity index is 977. The molecule has 2 aromatic carbocycles. The maximum atomic E-state index is 12.4. The summed E-state index contributed by atoms with van der Waals surface area (Å²) in [5.41, 5.74) is 1.89. The van der Waals surface area contributed by atoms with Crippen molar-refractivity contribution in [3.63, 3.8) is 0 Å². The lowest BCUT2D eigenvalue weighted by atomic mass is 10.1. The van der Waals surface area contributed by atoms with Gasteiger partial charge in [-0.1, -0.05) is 59.8 Å². The molecule has 0 bridgehead atoms. The zero-order valence-electron chi connectivity index (χ0n) is 15.8. The molecule has 0 amide bonds. The number of carbonyl (C=O) groups excluding carboxylic acids is 1. The van der Waals surface area contributed by atoms with Gasteiger partial charge in [0.25, 0.3) is 0 Å². The highest BCUT2D eigenvalue weighted by molar-refractivity contribution is 8.00.